The second-order valence-corrected chi connectivity index (χ2v) is 4.67. The fraction of sp³-hybridized carbons (Fsp3) is 0.250. The molecule has 1 aromatic rings. The standard InChI is InChI=1S/C12H10INO3/c1-2-17-12(16)8-6-14-10-7(11(8)15)4-3-5-9(10)13/h3-6,8H,2H2,1H3. The second kappa shape index (κ2) is 4.95. The summed E-state index contributed by atoms with van der Waals surface area (Å²) in [4.78, 5) is 27.8. The Morgan fingerprint density at radius 3 is 3.00 bits per heavy atom. The van der Waals surface area contributed by atoms with E-state index < -0.39 is 11.9 Å². The minimum Gasteiger partial charge on any atom is -0.465 e. The van der Waals surface area contributed by atoms with Gasteiger partial charge in [-0.25, -0.2) is 0 Å². The van der Waals surface area contributed by atoms with Gasteiger partial charge in [0.15, 0.2) is 11.7 Å². The number of esters is 1. The Bertz CT molecular complexity index is 510. The normalized spacial score (nSPS) is 17.8. The molecule has 0 aromatic heterocycles. The lowest BCUT2D eigenvalue weighted by Gasteiger charge is -2.16. The number of hydrogen-bond donors (Lipinski definition) is 0. The summed E-state index contributed by atoms with van der Waals surface area (Å²) in [6.45, 7) is 1.97. The molecule has 2 rings (SSSR count). The summed E-state index contributed by atoms with van der Waals surface area (Å²) in [5.74, 6) is -1.68. The number of ketones is 1. The van der Waals surface area contributed by atoms with Gasteiger partial charge in [0, 0.05) is 15.3 Å². The maximum absolute atomic E-state index is 12.1. The molecule has 0 radical (unpaired) electrons. The molecule has 1 unspecified atom stereocenters. The van der Waals surface area contributed by atoms with Gasteiger partial charge in [-0.1, -0.05) is 6.07 Å². The number of fused-ring (bicyclic) bond motifs is 1. The van der Waals surface area contributed by atoms with Crippen molar-refractivity contribution in [1.29, 1.82) is 0 Å². The summed E-state index contributed by atoms with van der Waals surface area (Å²) in [5.41, 5.74) is 1.12. The summed E-state index contributed by atoms with van der Waals surface area (Å²) in [6.07, 6.45) is 1.37. The van der Waals surface area contributed by atoms with Crippen molar-refractivity contribution in [2.45, 2.75) is 6.92 Å². The number of rotatable bonds is 2. The highest BCUT2D eigenvalue weighted by Gasteiger charge is 2.32. The van der Waals surface area contributed by atoms with Crippen LogP contribution in [0.5, 0.6) is 0 Å². The first-order valence-corrected chi connectivity index (χ1v) is 6.26. The first kappa shape index (κ1) is 12.2. The topological polar surface area (TPSA) is 55.7 Å². The Kier molecular flexibility index (Phi) is 3.56. The van der Waals surface area contributed by atoms with Gasteiger partial charge in [0.2, 0.25) is 0 Å². The maximum atomic E-state index is 12.1. The van der Waals surface area contributed by atoms with E-state index in [2.05, 4.69) is 27.6 Å². The minimum atomic E-state index is -0.902. The lowest BCUT2D eigenvalue weighted by Crippen LogP contribution is -2.29. The molecule has 4 nitrogen and oxygen atoms in total. The molecular formula is C12H10INO3. The predicted octanol–water partition coefficient (Wildman–Crippen LogP) is 2.37. The number of Topliss-reactive ketones (excluding diaryl/α,β-unsaturated/α-hetero) is 1. The molecule has 0 bridgehead atoms. The van der Waals surface area contributed by atoms with Crippen molar-refractivity contribution in [3.63, 3.8) is 0 Å². The van der Waals surface area contributed by atoms with Crippen LogP contribution in [0.3, 0.4) is 0 Å². The number of benzene rings is 1. The van der Waals surface area contributed by atoms with E-state index in [1.165, 1.54) is 6.21 Å². The number of nitrogens with zero attached hydrogens (tertiary/aromatic N) is 1. The van der Waals surface area contributed by atoms with Crippen molar-refractivity contribution in [2.24, 2.45) is 10.9 Å². The van der Waals surface area contributed by atoms with Crippen LogP contribution in [0.1, 0.15) is 17.3 Å². The maximum Gasteiger partial charge on any atom is 0.322 e. The molecule has 88 valence electrons. The fourth-order valence-electron chi connectivity index (χ4n) is 1.63. The van der Waals surface area contributed by atoms with E-state index >= 15 is 0 Å². The number of halogens is 1. The van der Waals surface area contributed by atoms with Crippen molar-refractivity contribution in [3.05, 3.63) is 27.3 Å². The average molecular weight is 343 g/mol. The van der Waals surface area contributed by atoms with Gasteiger partial charge in [-0.3, -0.25) is 14.6 Å². The van der Waals surface area contributed by atoms with E-state index in [0.717, 1.165) is 3.57 Å². The Morgan fingerprint density at radius 1 is 1.53 bits per heavy atom. The molecule has 17 heavy (non-hydrogen) atoms. The molecule has 1 atom stereocenters. The molecule has 0 fully saturated rings. The first-order chi connectivity index (χ1) is 8.15. The third-order valence-corrected chi connectivity index (χ3v) is 3.30. The molecule has 0 N–H and O–H groups in total. The van der Waals surface area contributed by atoms with E-state index in [-0.39, 0.29) is 12.4 Å². The zero-order valence-electron chi connectivity index (χ0n) is 9.14. The molecule has 0 spiro atoms. The zero-order chi connectivity index (χ0) is 12.4. The van der Waals surface area contributed by atoms with Crippen molar-refractivity contribution in [1.82, 2.24) is 0 Å². The van der Waals surface area contributed by atoms with Gasteiger partial charge < -0.3 is 4.74 Å². The number of hydrogen-bond acceptors (Lipinski definition) is 4. The molecule has 1 aromatic carbocycles. The summed E-state index contributed by atoms with van der Waals surface area (Å²) >= 11 is 2.11. The van der Waals surface area contributed by atoms with Crippen LogP contribution in [0.4, 0.5) is 5.69 Å². The van der Waals surface area contributed by atoms with Gasteiger partial charge in [0.1, 0.15) is 0 Å². The highest BCUT2D eigenvalue weighted by atomic mass is 127. The van der Waals surface area contributed by atoms with Crippen LogP contribution in [-0.4, -0.2) is 24.6 Å². The van der Waals surface area contributed by atoms with Crippen LogP contribution in [0.2, 0.25) is 0 Å². The summed E-state index contributed by atoms with van der Waals surface area (Å²) in [5, 5.41) is 0. The smallest absolute Gasteiger partial charge is 0.322 e. The zero-order valence-corrected chi connectivity index (χ0v) is 11.3. The quantitative estimate of drug-likeness (QED) is 0.471. The highest BCUT2D eigenvalue weighted by Crippen LogP contribution is 2.31. The lowest BCUT2D eigenvalue weighted by atomic mass is 9.95. The lowest BCUT2D eigenvalue weighted by molar-refractivity contribution is -0.143. The minimum absolute atomic E-state index is 0.244. The van der Waals surface area contributed by atoms with E-state index in [4.69, 9.17) is 4.74 Å². The van der Waals surface area contributed by atoms with Crippen LogP contribution in [0.15, 0.2) is 23.2 Å². The van der Waals surface area contributed by atoms with Gasteiger partial charge in [0.05, 0.1) is 12.3 Å². The Balaban J connectivity index is 2.37. The van der Waals surface area contributed by atoms with E-state index in [1.807, 2.05) is 6.07 Å². The molecule has 0 amide bonds. The van der Waals surface area contributed by atoms with Crippen molar-refractivity contribution in [3.8, 4) is 0 Å². The summed E-state index contributed by atoms with van der Waals surface area (Å²) in [7, 11) is 0. The molecule has 0 saturated heterocycles. The van der Waals surface area contributed by atoms with Gasteiger partial charge in [-0.2, -0.15) is 0 Å². The van der Waals surface area contributed by atoms with Crippen LogP contribution < -0.4 is 0 Å². The van der Waals surface area contributed by atoms with Crippen LogP contribution >= 0.6 is 22.6 Å². The van der Waals surface area contributed by atoms with Crippen molar-refractivity contribution < 1.29 is 14.3 Å². The summed E-state index contributed by atoms with van der Waals surface area (Å²) in [6, 6.07) is 5.33. The van der Waals surface area contributed by atoms with E-state index in [0.29, 0.717) is 11.3 Å². The first-order valence-electron chi connectivity index (χ1n) is 5.18. The molecule has 1 aliphatic rings. The van der Waals surface area contributed by atoms with E-state index in [1.54, 1.807) is 19.1 Å². The van der Waals surface area contributed by atoms with Crippen LogP contribution in [-0.2, 0) is 9.53 Å². The third kappa shape index (κ3) is 2.24. The van der Waals surface area contributed by atoms with Crippen LogP contribution in [0.25, 0.3) is 0 Å². The molecule has 5 heteroatoms. The van der Waals surface area contributed by atoms with Crippen LogP contribution in [0, 0.1) is 9.49 Å². The number of ether oxygens (including phenoxy) is 1. The van der Waals surface area contributed by atoms with Gasteiger partial charge in [0.25, 0.3) is 0 Å². The SMILES string of the molecule is CCOC(=O)C1C=Nc2c(I)cccc2C1=O. The Morgan fingerprint density at radius 2 is 2.29 bits per heavy atom. The molecular weight excluding hydrogens is 333 g/mol. The monoisotopic (exact) mass is 343 g/mol. The van der Waals surface area contributed by atoms with E-state index in [9.17, 15) is 9.59 Å². The molecule has 0 aliphatic carbocycles. The van der Waals surface area contributed by atoms with Gasteiger partial charge in [-0.05, 0) is 41.6 Å². The molecule has 0 saturated carbocycles. The Hall–Kier alpha value is -1.24. The van der Waals surface area contributed by atoms with Gasteiger partial charge >= 0.3 is 5.97 Å². The summed E-state index contributed by atoms with van der Waals surface area (Å²) < 4.78 is 5.74. The third-order valence-electron chi connectivity index (χ3n) is 2.43. The average Bonchev–Trinajstić information content (AvgIpc) is 2.31. The highest BCUT2D eigenvalue weighted by molar-refractivity contribution is 14.1. The molecule has 1 heterocycles. The second-order valence-electron chi connectivity index (χ2n) is 3.51. The molecule has 1 aliphatic heterocycles. The number of carbonyl (C=O) groups is 2. The van der Waals surface area contributed by atoms with Crippen molar-refractivity contribution in [2.75, 3.05) is 6.61 Å². The van der Waals surface area contributed by atoms with Crippen molar-refractivity contribution >= 4 is 46.2 Å². The largest absolute Gasteiger partial charge is 0.465 e. The number of aliphatic imine (C=N–C) groups is 1. The van der Waals surface area contributed by atoms with Gasteiger partial charge in [-0.15, -0.1) is 0 Å². The predicted molar refractivity (Wildman–Crippen MR) is 71.8 cm³/mol. The Labute approximate surface area is 112 Å². The number of para-hydroxylation sites is 1. The number of carbonyl (C=O) groups excluding carboxylic acids is 2. The fourth-order valence-corrected chi connectivity index (χ4v) is 2.27.